The van der Waals surface area contributed by atoms with Crippen molar-refractivity contribution in [1.82, 2.24) is 14.4 Å². The molecule has 0 saturated heterocycles. The topological polar surface area (TPSA) is 97.0 Å². The zero-order valence-electron chi connectivity index (χ0n) is 17.8. The van der Waals surface area contributed by atoms with E-state index in [1.54, 1.807) is 0 Å². The lowest BCUT2D eigenvalue weighted by Gasteiger charge is -2.12. The van der Waals surface area contributed by atoms with Crippen LogP contribution in [0.5, 0.6) is 5.75 Å². The second-order valence-electron chi connectivity index (χ2n) is 7.80. The highest BCUT2D eigenvalue weighted by Crippen LogP contribution is 2.40. The average Bonchev–Trinajstić information content (AvgIpc) is 3.11. The summed E-state index contributed by atoms with van der Waals surface area (Å²) in [4.78, 5) is 26.6. The lowest BCUT2D eigenvalue weighted by Crippen LogP contribution is -2.04. The smallest absolute Gasteiger partial charge is 0.404 e. The molecule has 0 aliphatic rings. The first-order valence-electron chi connectivity index (χ1n) is 9.94. The number of phosphoric ester groups is 1. The van der Waals surface area contributed by atoms with Crippen LogP contribution in [-0.2, 0) is 10.7 Å². The quantitative estimate of drug-likeness (QED) is 0.268. The zero-order chi connectivity index (χ0) is 24.8. The number of hydrogen-bond donors (Lipinski definition) is 2. The summed E-state index contributed by atoms with van der Waals surface area (Å²) in [5.74, 6) is -1.34. The van der Waals surface area contributed by atoms with Gasteiger partial charge >= 0.3 is 14.0 Å². The monoisotopic (exact) mass is 495 g/mol. The number of imidazole rings is 1. The van der Waals surface area contributed by atoms with Crippen LogP contribution in [0.1, 0.15) is 31.0 Å². The van der Waals surface area contributed by atoms with Crippen molar-refractivity contribution < 1.29 is 36.4 Å². The van der Waals surface area contributed by atoms with Crippen LogP contribution >= 0.6 is 7.82 Å². The van der Waals surface area contributed by atoms with E-state index in [1.165, 1.54) is 41.1 Å². The molecule has 0 saturated carbocycles. The summed E-state index contributed by atoms with van der Waals surface area (Å²) in [6.45, 7) is 3.69. The third-order valence-electron chi connectivity index (χ3n) is 4.99. The normalized spacial score (nSPS) is 12.5. The van der Waals surface area contributed by atoms with Crippen molar-refractivity contribution >= 4 is 13.5 Å². The molecule has 0 amide bonds. The Morgan fingerprint density at radius 1 is 1.12 bits per heavy atom. The SMILES string of the molecule is CC(C)c1nc2cnc(-c3cccc(C(F)(F)F)c3)cn2c1-c1ccc(OP(=O)(O)O)cc1F. The predicted molar refractivity (Wildman–Crippen MR) is 116 cm³/mol. The van der Waals surface area contributed by atoms with Gasteiger partial charge in [-0.1, -0.05) is 26.0 Å². The molecule has 2 aromatic heterocycles. The van der Waals surface area contributed by atoms with Crippen molar-refractivity contribution in [3.8, 4) is 28.3 Å². The number of aromatic nitrogens is 3. The summed E-state index contributed by atoms with van der Waals surface area (Å²) in [7, 11) is -4.88. The van der Waals surface area contributed by atoms with Crippen molar-refractivity contribution in [1.29, 1.82) is 0 Å². The van der Waals surface area contributed by atoms with Crippen LogP contribution in [0.2, 0.25) is 0 Å². The Morgan fingerprint density at radius 2 is 1.85 bits per heavy atom. The van der Waals surface area contributed by atoms with Gasteiger partial charge in [0.25, 0.3) is 0 Å². The summed E-state index contributed by atoms with van der Waals surface area (Å²) in [6, 6.07) is 8.03. The van der Waals surface area contributed by atoms with E-state index < -0.39 is 25.4 Å². The van der Waals surface area contributed by atoms with Crippen LogP contribution in [0.25, 0.3) is 28.2 Å². The number of benzene rings is 2. The van der Waals surface area contributed by atoms with Gasteiger partial charge in [-0.2, -0.15) is 13.2 Å². The van der Waals surface area contributed by atoms with Crippen molar-refractivity contribution in [2.45, 2.75) is 25.9 Å². The number of alkyl halides is 3. The van der Waals surface area contributed by atoms with E-state index in [0.717, 1.165) is 18.2 Å². The fourth-order valence-corrected chi connectivity index (χ4v) is 3.92. The summed E-state index contributed by atoms with van der Waals surface area (Å²) in [5, 5.41) is 0. The van der Waals surface area contributed by atoms with Gasteiger partial charge in [0.2, 0.25) is 0 Å². The van der Waals surface area contributed by atoms with E-state index in [0.29, 0.717) is 17.0 Å². The van der Waals surface area contributed by atoms with E-state index in [9.17, 15) is 17.7 Å². The Labute approximate surface area is 190 Å². The highest BCUT2D eigenvalue weighted by Gasteiger charge is 2.30. The highest BCUT2D eigenvalue weighted by atomic mass is 31.2. The Hall–Kier alpha value is -3.27. The van der Waals surface area contributed by atoms with Gasteiger partial charge in [-0.15, -0.1) is 0 Å². The Morgan fingerprint density at radius 3 is 2.47 bits per heavy atom. The molecule has 34 heavy (non-hydrogen) atoms. The first-order chi connectivity index (χ1) is 15.8. The summed E-state index contributed by atoms with van der Waals surface area (Å²) >= 11 is 0. The minimum Gasteiger partial charge on any atom is -0.404 e. The van der Waals surface area contributed by atoms with Crippen LogP contribution < -0.4 is 4.52 Å². The van der Waals surface area contributed by atoms with Gasteiger partial charge in [-0.25, -0.2) is 13.9 Å². The maximum absolute atomic E-state index is 15.1. The Balaban J connectivity index is 1.89. The lowest BCUT2D eigenvalue weighted by molar-refractivity contribution is -0.137. The molecule has 2 heterocycles. The van der Waals surface area contributed by atoms with Crippen molar-refractivity contribution in [3.63, 3.8) is 0 Å². The number of hydrogen-bond acceptors (Lipinski definition) is 4. The molecule has 0 fully saturated rings. The average molecular weight is 495 g/mol. The molecule has 2 aromatic carbocycles. The lowest BCUT2D eigenvalue weighted by atomic mass is 10.0. The van der Waals surface area contributed by atoms with Crippen molar-refractivity contribution in [2.24, 2.45) is 0 Å². The van der Waals surface area contributed by atoms with Crippen LogP contribution in [-0.4, -0.2) is 24.2 Å². The van der Waals surface area contributed by atoms with Crippen LogP contribution in [0.4, 0.5) is 17.6 Å². The van der Waals surface area contributed by atoms with E-state index in [2.05, 4.69) is 14.5 Å². The molecule has 4 aromatic rings. The standard InChI is InChI=1S/C22H18F4N3O4P/c1-12(2)20-21(16-7-6-15(9-17(16)23)33-34(30,31)32)29-11-18(27-10-19(29)28-20)13-4-3-5-14(8-13)22(24,25)26/h3-12H,1-2H3,(H2,30,31,32). The molecule has 0 bridgehead atoms. The third kappa shape index (κ3) is 4.82. The van der Waals surface area contributed by atoms with Gasteiger partial charge in [0.1, 0.15) is 11.6 Å². The molecule has 7 nitrogen and oxygen atoms in total. The third-order valence-corrected chi connectivity index (χ3v) is 5.44. The first kappa shape index (κ1) is 23.9. The maximum atomic E-state index is 15.1. The molecule has 0 atom stereocenters. The molecule has 0 spiro atoms. The summed E-state index contributed by atoms with van der Waals surface area (Å²) < 4.78 is 71.6. The van der Waals surface area contributed by atoms with Crippen molar-refractivity contribution in [3.05, 3.63) is 71.9 Å². The zero-order valence-corrected chi connectivity index (χ0v) is 18.7. The Bertz CT molecular complexity index is 1430. The molecule has 0 aliphatic carbocycles. The Kier molecular flexibility index (Phi) is 5.97. The van der Waals surface area contributed by atoms with Gasteiger partial charge in [0.15, 0.2) is 5.65 Å². The van der Waals surface area contributed by atoms with Gasteiger partial charge in [0, 0.05) is 23.4 Å². The van der Waals surface area contributed by atoms with E-state index in [4.69, 9.17) is 9.79 Å². The number of phosphoric acid groups is 1. The van der Waals surface area contributed by atoms with Crippen LogP contribution in [0.15, 0.2) is 54.9 Å². The largest absolute Gasteiger partial charge is 0.524 e. The van der Waals surface area contributed by atoms with E-state index >= 15 is 4.39 Å². The molecule has 2 N–H and O–H groups in total. The number of fused-ring (bicyclic) bond motifs is 1. The molecule has 0 radical (unpaired) electrons. The summed E-state index contributed by atoms with van der Waals surface area (Å²) in [6.07, 6.45) is -1.67. The molecule has 178 valence electrons. The molecular weight excluding hydrogens is 477 g/mol. The van der Waals surface area contributed by atoms with Crippen LogP contribution in [0, 0.1) is 5.82 Å². The minimum atomic E-state index is -4.88. The van der Waals surface area contributed by atoms with Gasteiger partial charge in [0.05, 0.1) is 28.8 Å². The minimum absolute atomic E-state index is 0.0652. The molecule has 0 unspecified atom stereocenters. The van der Waals surface area contributed by atoms with Gasteiger partial charge in [-0.3, -0.25) is 19.2 Å². The first-order valence-corrected chi connectivity index (χ1v) is 11.5. The second kappa shape index (κ2) is 8.50. The molecular formula is C22H18F4N3O4P. The number of nitrogens with zero attached hydrogens (tertiary/aromatic N) is 3. The summed E-state index contributed by atoms with van der Waals surface area (Å²) in [5.41, 5.74) is 0.862. The van der Waals surface area contributed by atoms with Crippen molar-refractivity contribution in [2.75, 3.05) is 0 Å². The van der Waals surface area contributed by atoms with E-state index in [1.807, 2.05) is 13.8 Å². The van der Waals surface area contributed by atoms with E-state index in [-0.39, 0.29) is 28.5 Å². The second-order valence-corrected chi connectivity index (χ2v) is 8.97. The number of rotatable bonds is 5. The fraction of sp³-hybridized carbons (Fsp3) is 0.182. The van der Waals surface area contributed by atoms with Crippen LogP contribution in [0.3, 0.4) is 0 Å². The molecule has 4 rings (SSSR count). The molecule has 0 aliphatic heterocycles. The van der Waals surface area contributed by atoms with Gasteiger partial charge < -0.3 is 4.52 Å². The van der Waals surface area contributed by atoms with Gasteiger partial charge in [-0.05, 0) is 30.2 Å². The number of halogens is 4. The maximum Gasteiger partial charge on any atom is 0.524 e. The predicted octanol–water partition coefficient (Wildman–Crippen LogP) is 5.82. The highest BCUT2D eigenvalue weighted by molar-refractivity contribution is 7.46. The molecule has 12 heteroatoms. The fourth-order valence-electron chi connectivity index (χ4n) is 3.53.